The number of carbonyl (C=O) groups excluding carboxylic acids is 1. The molecule has 19 heavy (non-hydrogen) atoms. The van der Waals surface area contributed by atoms with Crippen LogP contribution < -0.4 is 5.73 Å². The molecule has 1 aromatic carbocycles. The second-order valence-electron chi connectivity index (χ2n) is 4.42. The minimum absolute atomic E-state index is 0.187. The van der Waals surface area contributed by atoms with E-state index in [9.17, 15) is 9.18 Å². The Hall–Kier alpha value is -1.46. The van der Waals surface area contributed by atoms with Gasteiger partial charge in [0.25, 0.3) is 0 Å². The minimum atomic E-state index is -0.277. The first-order valence-electron chi connectivity index (χ1n) is 6.38. The zero-order valence-electron chi connectivity index (χ0n) is 11.5. The summed E-state index contributed by atoms with van der Waals surface area (Å²) in [4.78, 5) is 13.2. The number of nitrogens with two attached hydrogens (primary N) is 1. The summed E-state index contributed by atoms with van der Waals surface area (Å²) in [7, 11) is 1.91. The number of nitrogens with zero attached hydrogens (tertiary/aromatic N) is 1. The molecule has 1 rings (SSSR count). The normalized spacial score (nSPS) is 10.8. The molecular weight excluding hydrogens is 247 g/mol. The number of rotatable bonds is 7. The summed E-state index contributed by atoms with van der Waals surface area (Å²) in [6.07, 6.45) is 0.356. The van der Waals surface area contributed by atoms with Crippen LogP contribution in [0.1, 0.15) is 24.5 Å². The lowest BCUT2D eigenvalue weighted by molar-refractivity contribution is -0.143. The highest BCUT2D eigenvalue weighted by Crippen LogP contribution is 2.11. The van der Waals surface area contributed by atoms with Crippen molar-refractivity contribution in [2.24, 2.45) is 5.73 Å². The highest BCUT2D eigenvalue weighted by atomic mass is 19.1. The van der Waals surface area contributed by atoms with Crippen LogP contribution in [-0.4, -0.2) is 31.1 Å². The predicted octanol–water partition coefficient (Wildman–Crippen LogP) is 1.67. The number of hydrogen-bond acceptors (Lipinski definition) is 4. The number of esters is 1. The zero-order chi connectivity index (χ0) is 14.3. The maximum atomic E-state index is 13.3. The van der Waals surface area contributed by atoms with Gasteiger partial charge in [0.05, 0.1) is 13.0 Å². The van der Waals surface area contributed by atoms with E-state index < -0.39 is 0 Å². The van der Waals surface area contributed by atoms with Crippen LogP contribution in [0.15, 0.2) is 18.2 Å². The molecule has 0 spiro atoms. The Kier molecular flexibility index (Phi) is 6.45. The maximum Gasteiger partial charge on any atom is 0.307 e. The molecule has 1 aromatic rings. The quantitative estimate of drug-likeness (QED) is 0.764. The van der Waals surface area contributed by atoms with Crippen LogP contribution in [0.5, 0.6) is 0 Å². The standard InChI is InChI=1S/C14H21FN2O2/c1-3-19-14(18)6-7-17(2)10-11-4-5-13(15)12(8-11)9-16/h4-5,8H,3,6-7,9-10,16H2,1-2H3. The first-order valence-corrected chi connectivity index (χ1v) is 6.38. The van der Waals surface area contributed by atoms with Crippen molar-refractivity contribution in [2.45, 2.75) is 26.4 Å². The Bertz CT molecular complexity index is 424. The number of ether oxygens (including phenoxy) is 1. The Morgan fingerprint density at radius 2 is 2.21 bits per heavy atom. The van der Waals surface area contributed by atoms with E-state index in [-0.39, 0.29) is 18.3 Å². The SMILES string of the molecule is CCOC(=O)CCN(C)Cc1ccc(F)c(CN)c1. The monoisotopic (exact) mass is 268 g/mol. The first-order chi connectivity index (χ1) is 9.06. The van der Waals surface area contributed by atoms with Crippen molar-refractivity contribution in [2.75, 3.05) is 20.2 Å². The van der Waals surface area contributed by atoms with Crippen molar-refractivity contribution in [3.63, 3.8) is 0 Å². The molecular formula is C14H21FN2O2. The lowest BCUT2D eigenvalue weighted by Crippen LogP contribution is -2.22. The molecule has 0 aromatic heterocycles. The average Bonchev–Trinajstić information content (AvgIpc) is 2.39. The predicted molar refractivity (Wildman–Crippen MR) is 71.9 cm³/mol. The van der Waals surface area contributed by atoms with Gasteiger partial charge in [-0.05, 0) is 25.6 Å². The van der Waals surface area contributed by atoms with Gasteiger partial charge in [0.15, 0.2) is 0 Å². The third-order valence-electron chi connectivity index (χ3n) is 2.79. The van der Waals surface area contributed by atoms with E-state index in [2.05, 4.69) is 0 Å². The summed E-state index contributed by atoms with van der Waals surface area (Å²) in [5, 5.41) is 0. The molecule has 0 saturated heterocycles. The fourth-order valence-corrected chi connectivity index (χ4v) is 1.79. The molecule has 4 nitrogen and oxygen atoms in total. The van der Waals surface area contributed by atoms with Gasteiger partial charge in [-0.3, -0.25) is 4.79 Å². The van der Waals surface area contributed by atoms with Gasteiger partial charge in [0.2, 0.25) is 0 Å². The topological polar surface area (TPSA) is 55.6 Å². The zero-order valence-corrected chi connectivity index (χ0v) is 11.5. The molecule has 0 amide bonds. The molecule has 0 fully saturated rings. The molecule has 0 heterocycles. The molecule has 0 aliphatic heterocycles. The van der Waals surface area contributed by atoms with Crippen molar-refractivity contribution in [3.05, 3.63) is 35.1 Å². The highest BCUT2D eigenvalue weighted by molar-refractivity contribution is 5.69. The molecule has 0 radical (unpaired) electrons. The molecule has 106 valence electrons. The van der Waals surface area contributed by atoms with Crippen molar-refractivity contribution in [3.8, 4) is 0 Å². The van der Waals surface area contributed by atoms with Crippen LogP contribution in [0.4, 0.5) is 4.39 Å². The number of halogens is 1. The van der Waals surface area contributed by atoms with Gasteiger partial charge < -0.3 is 15.4 Å². The van der Waals surface area contributed by atoms with Gasteiger partial charge >= 0.3 is 5.97 Å². The van der Waals surface area contributed by atoms with E-state index in [4.69, 9.17) is 10.5 Å². The fraction of sp³-hybridized carbons (Fsp3) is 0.500. The maximum absolute atomic E-state index is 13.3. The van der Waals surface area contributed by atoms with Crippen LogP contribution in [0.2, 0.25) is 0 Å². The van der Waals surface area contributed by atoms with Crippen LogP contribution >= 0.6 is 0 Å². The van der Waals surface area contributed by atoms with Gasteiger partial charge in [-0.25, -0.2) is 4.39 Å². The third kappa shape index (κ3) is 5.36. The molecule has 0 aliphatic carbocycles. The number of hydrogen-bond donors (Lipinski definition) is 1. The van der Waals surface area contributed by atoms with E-state index in [1.807, 2.05) is 11.9 Å². The van der Waals surface area contributed by atoms with Crippen LogP contribution in [0, 0.1) is 5.82 Å². The van der Waals surface area contributed by atoms with Gasteiger partial charge in [0, 0.05) is 25.2 Å². The molecule has 0 aliphatic rings. The molecule has 2 N–H and O–H groups in total. The van der Waals surface area contributed by atoms with E-state index in [1.165, 1.54) is 6.07 Å². The fourth-order valence-electron chi connectivity index (χ4n) is 1.79. The summed E-state index contributed by atoms with van der Waals surface area (Å²) in [6.45, 7) is 3.63. The molecule has 0 bridgehead atoms. The van der Waals surface area contributed by atoms with Gasteiger partial charge in [0.1, 0.15) is 5.82 Å². The van der Waals surface area contributed by atoms with Crippen LogP contribution in [0.3, 0.4) is 0 Å². The largest absolute Gasteiger partial charge is 0.466 e. The van der Waals surface area contributed by atoms with Crippen LogP contribution in [0.25, 0.3) is 0 Å². The molecule has 0 saturated carbocycles. The number of benzene rings is 1. The Morgan fingerprint density at radius 1 is 1.47 bits per heavy atom. The van der Waals surface area contributed by atoms with Crippen molar-refractivity contribution in [1.82, 2.24) is 4.90 Å². The first kappa shape index (κ1) is 15.6. The molecule has 0 atom stereocenters. The van der Waals surface area contributed by atoms with Crippen molar-refractivity contribution < 1.29 is 13.9 Å². The van der Waals surface area contributed by atoms with Gasteiger partial charge in [-0.2, -0.15) is 0 Å². The smallest absolute Gasteiger partial charge is 0.307 e. The molecule has 5 heteroatoms. The summed E-state index contributed by atoms with van der Waals surface area (Å²) < 4.78 is 18.2. The van der Waals surface area contributed by atoms with Crippen molar-refractivity contribution >= 4 is 5.97 Å². The minimum Gasteiger partial charge on any atom is -0.466 e. The van der Waals surface area contributed by atoms with Crippen LogP contribution in [-0.2, 0) is 22.6 Å². The summed E-state index contributed by atoms with van der Waals surface area (Å²) in [5.41, 5.74) is 6.96. The summed E-state index contributed by atoms with van der Waals surface area (Å²) >= 11 is 0. The molecule has 0 unspecified atom stereocenters. The second kappa shape index (κ2) is 7.86. The Morgan fingerprint density at radius 3 is 2.84 bits per heavy atom. The second-order valence-corrected chi connectivity index (χ2v) is 4.42. The highest BCUT2D eigenvalue weighted by Gasteiger charge is 2.07. The Labute approximate surface area is 113 Å². The van der Waals surface area contributed by atoms with E-state index in [0.29, 0.717) is 31.7 Å². The average molecular weight is 268 g/mol. The lowest BCUT2D eigenvalue weighted by atomic mass is 10.1. The lowest BCUT2D eigenvalue weighted by Gasteiger charge is -2.16. The Balaban J connectivity index is 2.48. The summed E-state index contributed by atoms with van der Waals surface area (Å²) in [6, 6.07) is 4.92. The van der Waals surface area contributed by atoms with E-state index in [1.54, 1.807) is 19.1 Å². The van der Waals surface area contributed by atoms with Gasteiger partial charge in [-0.15, -0.1) is 0 Å². The number of carbonyl (C=O) groups is 1. The van der Waals surface area contributed by atoms with E-state index in [0.717, 1.165) is 5.56 Å². The third-order valence-corrected chi connectivity index (χ3v) is 2.79. The van der Waals surface area contributed by atoms with Gasteiger partial charge in [-0.1, -0.05) is 12.1 Å². The van der Waals surface area contributed by atoms with Crippen molar-refractivity contribution in [1.29, 1.82) is 0 Å². The van der Waals surface area contributed by atoms with E-state index >= 15 is 0 Å². The summed E-state index contributed by atoms with van der Waals surface area (Å²) in [5.74, 6) is -0.475.